The molecule has 4 rings (SSSR count). The van der Waals surface area contributed by atoms with Crippen molar-refractivity contribution >= 4 is 44.3 Å². The highest BCUT2D eigenvalue weighted by molar-refractivity contribution is 8.15. The third-order valence-electron chi connectivity index (χ3n) is 4.93. The van der Waals surface area contributed by atoms with Gasteiger partial charge in [0.25, 0.3) is 5.91 Å². The van der Waals surface area contributed by atoms with E-state index < -0.39 is 9.84 Å². The van der Waals surface area contributed by atoms with Crippen LogP contribution in [0.5, 0.6) is 0 Å². The fourth-order valence-corrected chi connectivity index (χ4v) is 7.62. The summed E-state index contributed by atoms with van der Waals surface area (Å²) in [5.74, 6) is -0.525. The molecule has 0 radical (unpaired) electrons. The number of amides is 1. The number of hydrogen-bond donors (Lipinski definition) is 0. The largest absolute Gasteiger partial charge is 0.342 e. The zero-order valence-electron chi connectivity index (χ0n) is 15.3. The predicted octanol–water partition coefficient (Wildman–Crippen LogP) is 3.32. The van der Waals surface area contributed by atoms with Crippen molar-refractivity contribution in [2.24, 2.45) is 4.99 Å². The van der Waals surface area contributed by atoms with Gasteiger partial charge in [-0.2, -0.15) is 4.99 Å². The number of nitrogens with zero attached hydrogens (tertiary/aromatic N) is 2. The summed E-state index contributed by atoms with van der Waals surface area (Å²) in [6.07, 6.45) is 0.138. The van der Waals surface area contributed by atoms with Gasteiger partial charge in [0.2, 0.25) is 0 Å². The Morgan fingerprint density at radius 1 is 1.10 bits per heavy atom. The van der Waals surface area contributed by atoms with E-state index in [0.29, 0.717) is 16.7 Å². The highest BCUT2D eigenvalue weighted by Gasteiger charge is 2.48. The number of benzene rings is 2. The summed E-state index contributed by atoms with van der Waals surface area (Å²) in [6.45, 7) is 0.372. The topological polar surface area (TPSA) is 66.8 Å². The smallest absolute Gasteiger partial charge is 0.252 e. The molecule has 2 aliphatic rings. The van der Waals surface area contributed by atoms with Crippen LogP contribution in [0.15, 0.2) is 53.5 Å². The number of hydrogen-bond acceptors (Lipinski definition) is 4. The molecule has 9 heteroatoms. The molecule has 2 aromatic carbocycles. The Labute approximate surface area is 177 Å². The molecule has 29 heavy (non-hydrogen) atoms. The van der Waals surface area contributed by atoms with Crippen LogP contribution < -0.4 is 0 Å². The van der Waals surface area contributed by atoms with Crippen LogP contribution in [0, 0.1) is 5.82 Å². The third kappa shape index (κ3) is 4.82. The van der Waals surface area contributed by atoms with Gasteiger partial charge in [-0.05, 0) is 35.4 Å². The van der Waals surface area contributed by atoms with E-state index in [9.17, 15) is 17.6 Å². The first-order chi connectivity index (χ1) is 13.8. The van der Waals surface area contributed by atoms with Crippen LogP contribution >= 0.6 is 23.4 Å². The second-order valence-corrected chi connectivity index (χ2v) is 10.9. The predicted molar refractivity (Wildman–Crippen MR) is 113 cm³/mol. The molecular formula is C20H18ClFN2O3S2. The monoisotopic (exact) mass is 452 g/mol. The van der Waals surface area contributed by atoms with Gasteiger partial charge in [0.05, 0.1) is 24.0 Å². The zero-order valence-corrected chi connectivity index (χ0v) is 17.7. The van der Waals surface area contributed by atoms with Crippen molar-refractivity contribution in [2.45, 2.75) is 24.3 Å². The summed E-state index contributed by atoms with van der Waals surface area (Å²) < 4.78 is 37.4. The normalized spacial score (nSPS) is 24.1. The lowest BCUT2D eigenvalue weighted by atomic mass is 10.1. The number of halogens is 2. The summed E-state index contributed by atoms with van der Waals surface area (Å²) in [7, 11) is -3.12. The van der Waals surface area contributed by atoms with E-state index in [2.05, 4.69) is 4.99 Å². The Kier molecular flexibility index (Phi) is 5.68. The number of rotatable bonds is 4. The fourth-order valence-electron chi connectivity index (χ4n) is 3.53. The van der Waals surface area contributed by atoms with E-state index >= 15 is 0 Å². The van der Waals surface area contributed by atoms with Crippen molar-refractivity contribution in [3.8, 4) is 0 Å². The summed E-state index contributed by atoms with van der Waals surface area (Å²) in [5, 5.41) is 0.971. The lowest BCUT2D eigenvalue weighted by Gasteiger charge is -2.24. The van der Waals surface area contributed by atoms with Crippen molar-refractivity contribution in [1.29, 1.82) is 0 Å². The number of fused-ring (bicyclic) bond motifs is 1. The van der Waals surface area contributed by atoms with E-state index in [1.807, 2.05) is 4.90 Å². The van der Waals surface area contributed by atoms with Crippen LogP contribution in [0.25, 0.3) is 0 Å². The number of amidine groups is 1. The molecule has 0 unspecified atom stereocenters. The van der Waals surface area contributed by atoms with Gasteiger partial charge in [0.1, 0.15) is 5.82 Å². The van der Waals surface area contributed by atoms with E-state index in [-0.39, 0.29) is 40.9 Å². The molecule has 5 nitrogen and oxygen atoms in total. The van der Waals surface area contributed by atoms with E-state index in [4.69, 9.17) is 11.6 Å². The summed E-state index contributed by atoms with van der Waals surface area (Å²) >= 11 is 7.21. The maximum atomic E-state index is 13.2. The van der Waals surface area contributed by atoms with E-state index in [0.717, 1.165) is 11.1 Å². The number of carbonyl (C=O) groups excluding carboxylic acids is 1. The quantitative estimate of drug-likeness (QED) is 0.712. The van der Waals surface area contributed by atoms with Gasteiger partial charge in [-0.1, -0.05) is 47.6 Å². The standard InChI is InChI=1S/C20H18ClFN2O3S2/c21-15-5-1-13(2-6-15)9-19(25)23-20-24(10-14-3-7-16(22)8-4-14)17-11-29(26,27)12-18(17)28-20/h1-8,17-18H,9-12H2/t17-,18-/m1/s1. The molecule has 2 aliphatic heterocycles. The zero-order chi connectivity index (χ0) is 20.6. The molecular weight excluding hydrogens is 435 g/mol. The van der Waals surface area contributed by atoms with Gasteiger partial charge in [0.15, 0.2) is 15.0 Å². The van der Waals surface area contributed by atoms with Crippen molar-refractivity contribution in [3.63, 3.8) is 0 Å². The third-order valence-corrected chi connectivity index (χ3v) is 8.43. The molecule has 0 bridgehead atoms. The molecule has 152 valence electrons. The van der Waals surface area contributed by atoms with E-state index in [1.54, 1.807) is 36.4 Å². The highest BCUT2D eigenvalue weighted by Crippen LogP contribution is 2.39. The Morgan fingerprint density at radius 2 is 1.76 bits per heavy atom. The summed E-state index contributed by atoms with van der Waals surface area (Å²) in [4.78, 5) is 18.7. The molecule has 0 N–H and O–H groups in total. The number of carbonyl (C=O) groups is 1. The van der Waals surface area contributed by atoms with Crippen LogP contribution in [0.2, 0.25) is 5.02 Å². The molecule has 0 aliphatic carbocycles. The van der Waals surface area contributed by atoms with E-state index in [1.165, 1.54) is 23.9 Å². The lowest BCUT2D eigenvalue weighted by molar-refractivity contribution is -0.117. The summed E-state index contributed by atoms with van der Waals surface area (Å²) in [5.41, 5.74) is 1.63. The molecule has 0 saturated carbocycles. The molecule has 2 aromatic rings. The first-order valence-electron chi connectivity index (χ1n) is 9.03. The molecule has 2 fully saturated rings. The Morgan fingerprint density at radius 3 is 2.45 bits per heavy atom. The average molecular weight is 453 g/mol. The van der Waals surface area contributed by atoms with Gasteiger partial charge in [-0.3, -0.25) is 4.79 Å². The SMILES string of the molecule is O=C(Cc1ccc(Cl)cc1)N=C1S[C@@H]2CS(=O)(=O)C[C@H]2N1Cc1ccc(F)cc1. The maximum absolute atomic E-state index is 13.2. The van der Waals surface area contributed by atoms with Gasteiger partial charge in [-0.25, -0.2) is 12.8 Å². The maximum Gasteiger partial charge on any atom is 0.252 e. The highest BCUT2D eigenvalue weighted by atomic mass is 35.5. The van der Waals surface area contributed by atoms with Crippen molar-refractivity contribution in [1.82, 2.24) is 4.90 Å². The van der Waals surface area contributed by atoms with Crippen molar-refractivity contribution < 1.29 is 17.6 Å². The van der Waals surface area contributed by atoms with Crippen LogP contribution in [0.1, 0.15) is 11.1 Å². The van der Waals surface area contributed by atoms with Gasteiger partial charge in [-0.15, -0.1) is 0 Å². The first kappa shape index (κ1) is 20.4. The van der Waals surface area contributed by atoms with Crippen molar-refractivity contribution in [3.05, 3.63) is 70.5 Å². The molecule has 1 amide bonds. The van der Waals surface area contributed by atoms with Crippen LogP contribution in [-0.2, 0) is 27.6 Å². The fraction of sp³-hybridized carbons (Fsp3) is 0.300. The Hall–Kier alpha value is -1.90. The van der Waals surface area contributed by atoms with Gasteiger partial charge >= 0.3 is 0 Å². The second-order valence-electron chi connectivity index (χ2n) is 7.15. The minimum atomic E-state index is -3.12. The number of aliphatic imine (C=N–C) groups is 1. The minimum Gasteiger partial charge on any atom is -0.342 e. The molecule has 0 spiro atoms. The second kappa shape index (κ2) is 8.08. The molecule has 0 aromatic heterocycles. The molecule has 2 heterocycles. The van der Waals surface area contributed by atoms with Crippen LogP contribution in [-0.4, -0.2) is 47.2 Å². The summed E-state index contributed by atoms with van der Waals surface area (Å²) in [6, 6.07) is 12.8. The Bertz CT molecular complexity index is 1060. The lowest BCUT2D eigenvalue weighted by Crippen LogP contribution is -2.37. The first-order valence-corrected chi connectivity index (χ1v) is 12.1. The minimum absolute atomic E-state index is 0.0380. The number of thioether (sulfide) groups is 1. The van der Waals surface area contributed by atoms with Crippen LogP contribution in [0.3, 0.4) is 0 Å². The van der Waals surface area contributed by atoms with Gasteiger partial charge < -0.3 is 4.90 Å². The van der Waals surface area contributed by atoms with Gasteiger partial charge in [0, 0.05) is 16.8 Å². The molecule has 2 saturated heterocycles. The van der Waals surface area contributed by atoms with Crippen LogP contribution in [0.4, 0.5) is 4.39 Å². The Balaban J connectivity index is 1.56. The average Bonchev–Trinajstić information content (AvgIpc) is 3.11. The van der Waals surface area contributed by atoms with Crippen molar-refractivity contribution in [2.75, 3.05) is 11.5 Å². The molecule has 2 atom stereocenters. The number of sulfone groups is 1.